The fourth-order valence-corrected chi connectivity index (χ4v) is 1.95. The number of pyridine rings is 1. The summed E-state index contributed by atoms with van der Waals surface area (Å²) in [7, 11) is 0. The van der Waals surface area contributed by atoms with Crippen molar-refractivity contribution in [3.05, 3.63) is 65.0 Å². The number of nitrogens with one attached hydrogen (secondary N) is 1. The fraction of sp³-hybridized carbons (Fsp3) is 0.250. The van der Waals surface area contributed by atoms with E-state index >= 15 is 0 Å². The van der Waals surface area contributed by atoms with E-state index in [4.69, 9.17) is 5.73 Å². The maximum Gasteiger partial charge on any atom is 0.251 e. The Morgan fingerprint density at radius 1 is 1.30 bits per heavy atom. The Morgan fingerprint density at radius 3 is 2.65 bits per heavy atom. The van der Waals surface area contributed by atoms with E-state index in [0.717, 1.165) is 5.56 Å². The number of hydrogen-bond acceptors (Lipinski definition) is 3. The van der Waals surface area contributed by atoms with Crippen LogP contribution < -0.4 is 11.1 Å². The number of carbonyl (C=O) groups excluding carboxylic acids is 1. The van der Waals surface area contributed by atoms with Crippen LogP contribution >= 0.6 is 0 Å². The van der Waals surface area contributed by atoms with E-state index in [0.29, 0.717) is 17.8 Å². The van der Waals surface area contributed by atoms with Gasteiger partial charge in [0.1, 0.15) is 0 Å². The molecule has 1 atom stereocenters. The second kappa shape index (κ2) is 6.30. The lowest BCUT2D eigenvalue weighted by Crippen LogP contribution is -2.26. The van der Waals surface area contributed by atoms with Crippen LogP contribution in [0.5, 0.6) is 0 Å². The van der Waals surface area contributed by atoms with E-state index in [2.05, 4.69) is 10.3 Å². The van der Waals surface area contributed by atoms with E-state index < -0.39 is 0 Å². The van der Waals surface area contributed by atoms with Gasteiger partial charge in [-0.1, -0.05) is 29.8 Å². The third kappa shape index (κ3) is 3.42. The molecular weight excluding hydrogens is 250 g/mol. The summed E-state index contributed by atoms with van der Waals surface area (Å²) < 4.78 is 0. The van der Waals surface area contributed by atoms with Crippen molar-refractivity contribution >= 4 is 5.91 Å². The molecule has 2 aromatic rings. The Morgan fingerprint density at radius 2 is 2.00 bits per heavy atom. The molecule has 4 nitrogen and oxygen atoms in total. The molecule has 20 heavy (non-hydrogen) atoms. The van der Waals surface area contributed by atoms with Gasteiger partial charge in [0.2, 0.25) is 0 Å². The monoisotopic (exact) mass is 269 g/mol. The SMILES string of the molecule is Cc1ccc([C@H](C)NC(=O)c2ccnc(CN)c2)cc1. The zero-order valence-corrected chi connectivity index (χ0v) is 11.8. The molecule has 1 amide bonds. The standard InChI is InChI=1S/C16H19N3O/c1-11-3-5-13(6-4-11)12(2)19-16(20)14-7-8-18-15(9-14)10-17/h3-9,12H,10,17H2,1-2H3,(H,19,20)/t12-/m0/s1. The van der Waals surface area contributed by atoms with Crippen LogP contribution in [0.1, 0.15) is 40.1 Å². The predicted molar refractivity (Wildman–Crippen MR) is 79.2 cm³/mol. The average Bonchev–Trinajstić information content (AvgIpc) is 2.47. The van der Waals surface area contributed by atoms with Crippen LogP contribution in [0.15, 0.2) is 42.6 Å². The number of benzene rings is 1. The Bertz CT molecular complexity index is 593. The summed E-state index contributed by atoms with van der Waals surface area (Å²) in [6, 6.07) is 11.5. The zero-order chi connectivity index (χ0) is 14.5. The van der Waals surface area contributed by atoms with Gasteiger partial charge in [-0.15, -0.1) is 0 Å². The van der Waals surface area contributed by atoms with E-state index in [9.17, 15) is 4.79 Å². The summed E-state index contributed by atoms with van der Waals surface area (Å²) in [6.45, 7) is 4.33. The molecule has 0 fully saturated rings. The van der Waals surface area contributed by atoms with Crippen molar-refractivity contribution in [3.8, 4) is 0 Å². The first-order chi connectivity index (χ1) is 9.60. The summed E-state index contributed by atoms with van der Waals surface area (Å²) in [4.78, 5) is 16.3. The highest BCUT2D eigenvalue weighted by molar-refractivity contribution is 5.94. The van der Waals surface area contributed by atoms with Gasteiger partial charge in [-0.25, -0.2) is 0 Å². The fourth-order valence-electron chi connectivity index (χ4n) is 1.95. The number of rotatable bonds is 4. The zero-order valence-electron chi connectivity index (χ0n) is 11.8. The molecule has 3 N–H and O–H groups in total. The predicted octanol–water partition coefficient (Wildman–Crippen LogP) is 2.34. The lowest BCUT2D eigenvalue weighted by atomic mass is 10.1. The van der Waals surface area contributed by atoms with E-state index in [1.807, 2.05) is 38.1 Å². The molecule has 0 aliphatic heterocycles. The van der Waals surface area contributed by atoms with Crippen molar-refractivity contribution in [3.63, 3.8) is 0 Å². The maximum absolute atomic E-state index is 12.2. The molecule has 104 valence electrons. The van der Waals surface area contributed by atoms with Crippen LogP contribution in [0.25, 0.3) is 0 Å². The van der Waals surface area contributed by atoms with Crippen LogP contribution in [0.4, 0.5) is 0 Å². The van der Waals surface area contributed by atoms with Crippen molar-refractivity contribution in [2.45, 2.75) is 26.4 Å². The van der Waals surface area contributed by atoms with E-state index in [1.165, 1.54) is 5.56 Å². The minimum Gasteiger partial charge on any atom is -0.346 e. The first-order valence-corrected chi connectivity index (χ1v) is 6.62. The summed E-state index contributed by atoms with van der Waals surface area (Å²) >= 11 is 0. The van der Waals surface area contributed by atoms with Crippen molar-refractivity contribution in [2.24, 2.45) is 5.73 Å². The summed E-state index contributed by atoms with van der Waals surface area (Å²) in [5, 5.41) is 2.98. The second-order valence-corrected chi connectivity index (χ2v) is 4.85. The molecule has 0 spiro atoms. The van der Waals surface area contributed by atoms with Gasteiger partial charge in [-0.2, -0.15) is 0 Å². The first-order valence-electron chi connectivity index (χ1n) is 6.62. The molecule has 2 rings (SSSR count). The van der Waals surface area contributed by atoms with Gasteiger partial charge in [0.05, 0.1) is 11.7 Å². The molecular formula is C16H19N3O. The van der Waals surface area contributed by atoms with E-state index in [-0.39, 0.29) is 11.9 Å². The molecule has 0 saturated heterocycles. The molecule has 0 bridgehead atoms. The Labute approximate surface area is 119 Å². The Kier molecular flexibility index (Phi) is 4.48. The highest BCUT2D eigenvalue weighted by atomic mass is 16.1. The van der Waals surface area contributed by atoms with Gasteiger partial charge < -0.3 is 11.1 Å². The number of nitrogens with zero attached hydrogens (tertiary/aromatic N) is 1. The third-order valence-corrected chi connectivity index (χ3v) is 3.21. The number of amides is 1. The maximum atomic E-state index is 12.2. The average molecular weight is 269 g/mol. The van der Waals surface area contributed by atoms with Gasteiger partial charge >= 0.3 is 0 Å². The molecule has 0 saturated carbocycles. The van der Waals surface area contributed by atoms with E-state index in [1.54, 1.807) is 18.3 Å². The molecule has 4 heteroatoms. The van der Waals surface area contributed by atoms with Gasteiger partial charge in [0, 0.05) is 18.3 Å². The lowest BCUT2D eigenvalue weighted by molar-refractivity contribution is 0.0939. The minimum absolute atomic E-state index is 0.0439. The van der Waals surface area contributed by atoms with Gasteiger partial charge in [-0.3, -0.25) is 9.78 Å². The quantitative estimate of drug-likeness (QED) is 0.895. The topological polar surface area (TPSA) is 68.0 Å². The molecule has 0 unspecified atom stereocenters. The van der Waals surface area contributed by atoms with Gasteiger partial charge in [-0.05, 0) is 31.5 Å². The molecule has 0 radical (unpaired) electrons. The second-order valence-electron chi connectivity index (χ2n) is 4.85. The highest BCUT2D eigenvalue weighted by Crippen LogP contribution is 2.14. The van der Waals surface area contributed by atoms with Crippen LogP contribution in [0.3, 0.4) is 0 Å². The molecule has 1 aromatic heterocycles. The van der Waals surface area contributed by atoms with Crippen LogP contribution in [-0.2, 0) is 6.54 Å². The highest BCUT2D eigenvalue weighted by Gasteiger charge is 2.11. The summed E-state index contributed by atoms with van der Waals surface area (Å²) in [6.07, 6.45) is 1.60. The van der Waals surface area contributed by atoms with Gasteiger partial charge in [0.25, 0.3) is 5.91 Å². The van der Waals surface area contributed by atoms with Gasteiger partial charge in [0.15, 0.2) is 0 Å². The molecule has 1 heterocycles. The third-order valence-electron chi connectivity index (χ3n) is 3.21. The molecule has 0 aliphatic rings. The molecule has 1 aromatic carbocycles. The summed E-state index contributed by atoms with van der Waals surface area (Å²) in [5.41, 5.74) is 9.11. The van der Waals surface area contributed by atoms with Crippen molar-refractivity contribution < 1.29 is 4.79 Å². The normalized spacial score (nSPS) is 11.9. The number of aromatic nitrogens is 1. The van der Waals surface area contributed by atoms with Crippen LogP contribution in [0, 0.1) is 6.92 Å². The largest absolute Gasteiger partial charge is 0.346 e. The Balaban J connectivity index is 2.08. The van der Waals surface area contributed by atoms with Crippen LogP contribution in [0.2, 0.25) is 0 Å². The Hall–Kier alpha value is -2.20. The number of carbonyl (C=O) groups is 1. The molecule has 0 aliphatic carbocycles. The van der Waals surface area contributed by atoms with Crippen molar-refractivity contribution in [1.29, 1.82) is 0 Å². The number of nitrogens with two attached hydrogens (primary N) is 1. The smallest absolute Gasteiger partial charge is 0.251 e. The number of hydrogen-bond donors (Lipinski definition) is 2. The minimum atomic E-state index is -0.116. The van der Waals surface area contributed by atoms with Crippen molar-refractivity contribution in [1.82, 2.24) is 10.3 Å². The lowest BCUT2D eigenvalue weighted by Gasteiger charge is -2.15. The summed E-state index contributed by atoms with van der Waals surface area (Å²) in [5.74, 6) is -0.116. The number of aryl methyl sites for hydroxylation is 1. The first kappa shape index (κ1) is 14.2. The van der Waals surface area contributed by atoms with Crippen LogP contribution in [-0.4, -0.2) is 10.9 Å². The van der Waals surface area contributed by atoms with Crippen molar-refractivity contribution in [2.75, 3.05) is 0 Å².